The second kappa shape index (κ2) is 9.89. The SMILES string of the molecule is CCOC(=O)c1c(NC(=O)COc2ccccc2NC(C)=O)sc(C)c1CC. The number of benzene rings is 1. The molecule has 2 amide bonds. The van der Waals surface area contributed by atoms with Crippen molar-refractivity contribution >= 4 is 39.8 Å². The van der Waals surface area contributed by atoms with Crippen molar-refractivity contribution in [2.75, 3.05) is 23.8 Å². The molecule has 1 heterocycles. The van der Waals surface area contributed by atoms with Gasteiger partial charge in [0.2, 0.25) is 5.91 Å². The lowest BCUT2D eigenvalue weighted by Crippen LogP contribution is -2.21. The van der Waals surface area contributed by atoms with E-state index in [0.717, 1.165) is 10.4 Å². The molecule has 0 bridgehead atoms. The number of aryl methyl sites for hydroxylation is 1. The van der Waals surface area contributed by atoms with Gasteiger partial charge in [-0.05, 0) is 38.0 Å². The zero-order valence-electron chi connectivity index (χ0n) is 16.4. The summed E-state index contributed by atoms with van der Waals surface area (Å²) in [5.41, 5.74) is 1.75. The van der Waals surface area contributed by atoms with E-state index in [4.69, 9.17) is 9.47 Å². The van der Waals surface area contributed by atoms with E-state index in [0.29, 0.717) is 28.4 Å². The molecule has 0 unspecified atom stereocenters. The van der Waals surface area contributed by atoms with E-state index in [1.165, 1.54) is 18.3 Å². The largest absolute Gasteiger partial charge is 0.482 e. The average Bonchev–Trinajstić information content (AvgIpc) is 2.95. The molecule has 150 valence electrons. The molecule has 2 aromatic rings. The fourth-order valence-corrected chi connectivity index (χ4v) is 3.85. The van der Waals surface area contributed by atoms with E-state index < -0.39 is 11.9 Å². The van der Waals surface area contributed by atoms with Crippen LogP contribution in [-0.2, 0) is 20.7 Å². The number of carbonyl (C=O) groups excluding carboxylic acids is 3. The van der Waals surface area contributed by atoms with Gasteiger partial charge in [-0.3, -0.25) is 9.59 Å². The summed E-state index contributed by atoms with van der Waals surface area (Å²) in [7, 11) is 0. The van der Waals surface area contributed by atoms with Gasteiger partial charge < -0.3 is 20.1 Å². The number of para-hydroxylation sites is 2. The molecule has 0 saturated heterocycles. The van der Waals surface area contributed by atoms with Crippen LogP contribution in [-0.4, -0.2) is 31.0 Å². The van der Waals surface area contributed by atoms with Crippen molar-refractivity contribution < 1.29 is 23.9 Å². The van der Waals surface area contributed by atoms with Crippen molar-refractivity contribution in [1.29, 1.82) is 0 Å². The van der Waals surface area contributed by atoms with Gasteiger partial charge >= 0.3 is 5.97 Å². The summed E-state index contributed by atoms with van der Waals surface area (Å²) in [6.07, 6.45) is 0.660. The summed E-state index contributed by atoms with van der Waals surface area (Å²) in [4.78, 5) is 37.0. The van der Waals surface area contributed by atoms with Gasteiger partial charge in [-0.25, -0.2) is 4.79 Å². The number of rotatable bonds is 8. The minimum atomic E-state index is -0.448. The number of carbonyl (C=O) groups is 3. The standard InChI is InChI=1S/C20H24N2O5S/c1-5-14-12(3)28-19(18(14)20(25)26-6-2)22-17(24)11-27-16-10-8-7-9-15(16)21-13(4)23/h7-10H,5-6,11H2,1-4H3,(H,21,23)(H,22,24). The van der Waals surface area contributed by atoms with Crippen molar-refractivity contribution in [2.45, 2.75) is 34.1 Å². The van der Waals surface area contributed by atoms with Crippen molar-refractivity contribution in [3.63, 3.8) is 0 Å². The van der Waals surface area contributed by atoms with Gasteiger partial charge in [-0.15, -0.1) is 11.3 Å². The third-order valence-corrected chi connectivity index (χ3v) is 4.91. The van der Waals surface area contributed by atoms with Gasteiger partial charge in [0.25, 0.3) is 5.91 Å². The van der Waals surface area contributed by atoms with Crippen LogP contribution >= 0.6 is 11.3 Å². The molecule has 1 aromatic heterocycles. The Bertz CT molecular complexity index is 875. The molecule has 2 N–H and O–H groups in total. The van der Waals surface area contributed by atoms with Crippen LogP contribution in [0.3, 0.4) is 0 Å². The van der Waals surface area contributed by atoms with Crippen molar-refractivity contribution in [3.8, 4) is 5.75 Å². The van der Waals surface area contributed by atoms with Crippen LogP contribution in [0, 0.1) is 6.92 Å². The molecule has 0 atom stereocenters. The third-order valence-electron chi connectivity index (χ3n) is 3.85. The maximum atomic E-state index is 12.4. The first-order valence-corrected chi connectivity index (χ1v) is 9.77. The van der Waals surface area contributed by atoms with Crippen LogP contribution in [0.25, 0.3) is 0 Å². The molecule has 0 aliphatic heterocycles. The summed E-state index contributed by atoms with van der Waals surface area (Å²) < 4.78 is 10.7. The van der Waals surface area contributed by atoms with Gasteiger partial charge in [-0.2, -0.15) is 0 Å². The maximum absolute atomic E-state index is 12.4. The highest BCUT2D eigenvalue weighted by atomic mass is 32.1. The van der Waals surface area contributed by atoms with Crippen molar-refractivity contribution in [2.24, 2.45) is 0 Å². The Morgan fingerprint density at radius 2 is 1.82 bits per heavy atom. The number of thiophene rings is 1. The number of hydrogen-bond donors (Lipinski definition) is 2. The number of ether oxygens (including phenoxy) is 2. The molecule has 0 aliphatic carbocycles. The quantitative estimate of drug-likeness (QED) is 0.653. The van der Waals surface area contributed by atoms with Crippen LogP contribution in [0.15, 0.2) is 24.3 Å². The summed E-state index contributed by atoms with van der Waals surface area (Å²) >= 11 is 1.34. The molecule has 0 saturated carbocycles. The monoisotopic (exact) mass is 404 g/mol. The number of amides is 2. The van der Waals surface area contributed by atoms with Gasteiger partial charge in [-0.1, -0.05) is 19.1 Å². The van der Waals surface area contributed by atoms with E-state index in [-0.39, 0.29) is 19.1 Å². The number of esters is 1. The van der Waals surface area contributed by atoms with Gasteiger partial charge in [0.1, 0.15) is 10.8 Å². The average molecular weight is 404 g/mol. The molecule has 0 aliphatic rings. The van der Waals surface area contributed by atoms with Crippen LogP contribution in [0.5, 0.6) is 5.75 Å². The zero-order chi connectivity index (χ0) is 20.7. The first-order chi connectivity index (χ1) is 13.4. The Labute approximate surface area is 168 Å². The Hall–Kier alpha value is -2.87. The number of anilines is 2. The summed E-state index contributed by atoms with van der Waals surface area (Å²) in [6.45, 7) is 6.98. The second-order valence-corrected chi connectivity index (χ2v) is 7.15. The highest BCUT2D eigenvalue weighted by Crippen LogP contribution is 2.34. The van der Waals surface area contributed by atoms with Crippen LogP contribution in [0.1, 0.15) is 41.6 Å². The number of hydrogen-bond acceptors (Lipinski definition) is 6. The minimum Gasteiger partial charge on any atom is -0.482 e. The first-order valence-electron chi connectivity index (χ1n) is 8.95. The topological polar surface area (TPSA) is 93.7 Å². The Balaban J connectivity index is 2.12. The summed E-state index contributed by atoms with van der Waals surface area (Å²) in [5.74, 6) is -0.709. The lowest BCUT2D eigenvalue weighted by Gasteiger charge is -2.12. The van der Waals surface area contributed by atoms with Crippen LogP contribution < -0.4 is 15.4 Å². The van der Waals surface area contributed by atoms with Gasteiger partial charge in [0.05, 0.1) is 17.9 Å². The molecular formula is C20H24N2O5S. The zero-order valence-corrected chi connectivity index (χ0v) is 17.2. The van der Waals surface area contributed by atoms with Crippen LogP contribution in [0.4, 0.5) is 10.7 Å². The fourth-order valence-electron chi connectivity index (χ4n) is 2.70. The predicted molar refractivity (Wildman–Crippen MR) is 109 cm³/mol. The van der Waals surface area contributed by atoms with E-state index in [2.05, 4.69) is 10.6 Å². The Morgan fingerprint density at radius 3 is 2.46 bits per heavy atom. The molecule has 8 heteroatoms. The first kappa shape index (κ1) is 21.4. The summed E-state index contributed by atoms with van der Waals surface area (Å²) in [5, 5.41) is 5.85. The molecular weight excluding hydrogens is 380 g/mol. The Kier molecular flexibility index (Phi) is 7.57. The predicted octanol–water partition coefficient (Wildman–Crippen LogP) is 3.77. The van der Waals surface area contributed by atoms with E-state index in [1.54, 1.807) is 31.2 Å². The smallest absolute Gasteiger partial charge is 0.341 e. The van der Waals surface area contributed by atoms with Crippen LogP contribution in [0.2, 0.25) is 0 Å². The summed E-state index contributed by atoms with van der Waals surface area (Å²) in [6, 6.07) is 6.84. The normalized spacial score (nSPS) is 10.3. The van der Waals surface area contributed by atoms with E-state index >= 15 is 0 Å². The highest BCUT2D eigenvalue weighted by molar-refractivity contribution is 7.16. The number of nitrogens with one attached hydrogen (secondary N) is 2. The molecule has 0 fully saturated rings. The molecule has 7 nitrogen and oxygen atoms in total. The molecule has 0 radical (unpaired) electrons. The van der Waals surface area contributed by atoms with E-state index in [1.807, 2.05) is 13.8 Å². The molecule has 2 rings (SSSR count). The lowest BCUT2D eigenvalue weighted by molar-refractivity contribution is -0.118. The molecule has 1 aromatic carbocycles. The van der Waals surface area contributed by atoms with Crippen molar-refractivity contribution in [1.82, 2.24) is 0 Å². The van der Waals surface area contributed by atoms with Gasteiger partial charge in [0, 0.05) is 11.8 Å². The van der Waals surface area contributed by atoms with Crippen molar-refractivity contribution in [3.05, 3.63) is 40.3 Å². The molecule has 0 spiro atoms. The second-order valence-electron chi connectivity index (χ2n) is 5.93. The van der Waals surface area contributed by atoms with Gasteiger partial charge in [0.15, 0.2) is 6.61 Å². The minimum absolute atomic E-state index is 0.235. The molecule has 28 heavy (non-hydrogen) atoms. The highest BCUT2D eigenvalue weighted by Gasteiger charge is 2.23. The maximum Gasteiger partial charge on any atom is 0.341 e. The fraction of sp³-hybridized carbons (Fsp3) is 0.350. The third kappa shape index (κ3) is 5.32. The van der Waals surface area contributed by atoms with E-state index in [9.17, 15) is 14.4 Å². The Morgan fingerprint density at radius 1 is 1.11 bits per heavy atom. The lowest BCUT2D eigenvalue weighted by atomic mass is 10.1.